The zero-order valence-corrected chi connectivity index (χ0v) is 22.2. The first-order chi connectivity index (χ1) is 17.8. The second-order valence-corrected chi connectivity index (χ2v) is 11.6. The highest BCUT2D eigenvalue weighted by molar-refractivity contribution is 7.22. The van der Waals surface area contributed by atoms with Crippen molar-refractivity contribution in [3.63, 3.8) is 0 Å². The van der Waals surface area contributed by atoms with E-state index < -0.39 is 6.10 Å². The summed E-state index contributed by atoms with van der Waals surface area (Å²) in [5, 5.41) is 31.4. The van der Waals surface area contributed by atoms with E-state index >= 15 is 0 Å². The number of hydrogen-bond acceptors (Lipinski definition) is 6. The van der Waals surface area contributed by atoms with Gasteiger partial charge >= 0.3 is 0 Å². The molecule has 1 aliphatic rings. The van der Waals surface area contributed by atoms with Crippen LogP contribution in [0.1, 0.15) is 31.4 Å². The molecule has 37 heavy (non-hydrogen) atoms. The molecule has 0 spiro atoms. The summed E-state index contributed by atoms with van der Waals surface area (Å²) >= 11 is 1.65. The molecule has 4 aromatic rings. The molecule has 0 amide bonds. The number of phenols is 2. The molecule has 5 nitrogen and oxygen atoms in total. The first-order valence-corrected chi connectivity index (χ1v) is 13.8. The molecule has 3 unspecified atom stereocenters. The van der Waals surface area contributed by atoms with Crippen molar-refractivity contribution in [2.75, 3.05) is 26.2 Å². The Balaban J connectivity index is 1.27. The van der Waals surface area contributed by atoms with Gasteiger partial charge in [-0.15, -0.1) is 11.3 Å². The zero-order chi connectivity index (χ0) is 25.9. The molecule has 2 heterocycles. The number of piperidine rings is 1. The quantitative estimate of drug-likeness (QED) is 0.256. The van der Waals surface area contributed by atoms with Crippen LogP contribution < -0.4 is 4.74 Å². The van der Waals surface area contributed by atoms with Crippen LogP contribution in [0.25, 0.3) is 20.5 Å². The van der Waals surface area contributed by atoms with Gasteiger partial charge < -0.3 is 25.0 Å². The molecule has 3 aromatic carbocycles. The normalized spacial score (nSPS) is 19.2. The van der Waals surface area contributed by atoms with Gasteiger partial charge in [-0.05, 0) is 101 Å². The monoisotopic (exact) mass is 517 g/mol. The van der Waals surface area contributed by atoms with Gasteiger partial charge in [-0.25, -0.2) is 0 Å². The van der Waals surface area contributed by atoms with E-state index in [1.54, 1.807) is 35.6 Å². The Morgan fingerprint density at radius 3 is 2.30 bits per heavy atom. The summed E-state index contributed by atoms with van der Waals surface area (Å²) in [5.41, 5.74) is 3.39. The maximum atomic E-state index is 10.5. The van der Waals surface area contributed by atoms with E-state index in [1.165, 1.54) is 12.0 Å². The van der Waals surface area contributed by atoms with Crippen molar-refractivity contribution in [2.45, 2.75) is 32.8 Å². The van der Waals surface area contributed by atoms with Crippen LogP contribution in [-0.4, -0.2) is 52.6 Å². The van der Waals surface area contributed by atoms with Gasteiger partial charge in [-0.2, -0.15) is 0 Å². The van der Waals surface area contributed by atoms with Crippen LogP contribution in [0.5, 0.6) is 17.2 Å². The van der Waals surface area contributed by atoms with E-state index in [9.17, 15) is 15.3 Å². The fraction of sp³-hybridized carbons (Fsp3) is 0.355. The number of aliphatic hydroxyl groups is 1. The van der Waals surface area contributed by atoms with Crippen LogP contribution in [0.2, 0.25) is 0 Å². The van der Waals surface area contributed by atoms with Crippen molar-refractivity contribution in [1.29, 1.82) is 0 Å². The zero-order valence-electron chi connectivity index (χ0n) is 21.4. The van der Waals surface area contributed by atoms with Crippen LogP contribution in [-0.2, 0) is 6.42 Å². The predicted octanol–water partition coefficient (Wildman–Crippen LogP) is 6.29. The lowest BCUT2D eigenvalue weighted by Gasteiger charge is -2.35. The number of hydrogen-bond donors (Lipinski definition) is 3. The lowest BCUT2D eigenvalue weighted by molar-refractivity contribution is 0.0429. The summed E-state index contributed by atoms with van der Waals surface area (Å²) in [4.78, 5) is 3.48. The number of ether oxygens (including phenoxy) is 1. The highest BCUT2D eigenvalue weighted by Gasteiger charge is 2.23. The molecule has 3 atom stereocenters. The van der Waals surface area contributed by atoms with Gasteiger partial charge in [0, 0.05) is 29.2 Å². The third-order valence-corrected chi connectivity index (χ3v) is 8.31. The van der Waals surface area contributed by atoms with Gasteiger partial charge in [0.1, 0.15) is 30.0 Å². The maximum absolute atomic E-state index is 10.5. The first kappa shape index (κ1) is 25.6. The highest BCUT2D eigenvalue weighted by Crippen LogP contribution is 2.41. The molecular formula is C31H35NO4S. The van der Waals surface area contributed by atoms with Crippen LogP contribution >= 0.6 is 11.3 Å². The summed E-state index contributed by atoms with van der Waals surface area (Å²) in [5.74, 6) is 2.59. The van der Waals surface area contributed by atoms with Crippen LogP contribution in [0, 0.1) is 11.8 Å². The van der Waals surface area contributed by atoms with Crippen LogP contribution in [0.4, 0.5) is 0 Å². The van der Waals surface area contributed by atoms with E-state index in [1.807, 2.05) is 30.3 Å². The van der Waals surface area contributed by atoms with Crippen molar-refractivity contribution in [3.8, 4) is 27.7 Å². The summed E-state index contributed by atoms with van der Waals surface area (Å²) in [7, 11) is 0. The van der Waals surface area contributed by atoms with Crippen LogP contribution in [0.3, 0.4) is 0 Å². The number of rotatable bonds is 8. The number of β-amino-alcohol motifs (C(OH)–C–C–N with tert-alkyl or cyclic N) is 1. The SMILES string of the molecule is CC1CC(C)CN(CC(O)COc2ccc(Cc3c(-c4ccc(O)cc4)sc4cc(O)ccc34)cc2)C1. The highest BCUT2D eigenvalue weighted by atomic mass is 32.1. The van der Waals surface area contributed by atoms with Crippen molar-refractivity contribution in [3.05, 3.63) is 77.9 Å². The number of thiophene rings is 1. The van der Waals surface area contributed by atoms with Crippen molar-refractivity contribution in [2.24, 2.45) is 11.8 Å². The predicted molar refractivity (Wildman–Crippen MR) is 151 cm³/mol. The number of aliphatic hydroxyl groups excluding tert-OH is 1. The van der Waals surface area contributed by atoms with Crippen molar-refractivity contribution >= 4 is 21.4 Å². The number of phenolic OH excluding ortho intramolecular Hbond substituents is 2. The van der Waals surface area contributed by atoms with Crippen molar-refractivity contribution in [1.82, 2.24) is 4.90 Å². The molecule has 194 valence electrons. The van der Waals surface area contributed by atoms with Gasteiger partial charge in [0.25, 0.3) is 0 Å². The number of fused-ring (bicyclic) bond motifs is 1. The molecule has 1 fully saturated rings. The molecule has 1 saturated heterocycles. The third-order valence-electron chi connectivity index (χ3n) is 7.07. The van der Waals surface area contributed by atoms with E-state index in [-0.39, 0.29) is 18.1 Å². The average molecular weight is 518 g/mol. The maximum Gasteiger partial charge on any atom is 0.119 e. The summed E-state index contributed by atoms with van der Waals surface area (Å²) in [6, 6.07) is 20.8. The molecule has 0 bridgehead atoms. The van der Waals surface area contributed by atoms with Gasteiger partial charge in [-0.3, -0.25) is 0 Å². The average Bonchev–Trinajstić information content (AvgIpc) is 3.20. The fourth-order valence-electron chi connectivity index (χ4n) is 5.55. The molecule has 3 N–H and O–H groups in total. The second kappa shape index (κ2) is 11.1. The Labute approximate surface area is 222 Å². The number of aromatic hydroxyl groups is 2. The molecule has 0 saturated carbocycles. The minimum absolute atomic E-state index is 0.241. The van der Waals surface area contributed by atoms with Gasteiger partial charge in [0.05, 0.1) is 0 Å². The lowest BCUT2D eigenvalue weighted by atomic mass is 9.92. The molecule has 1 aliphatic heterocycles. The smallest absolute Gasteiger partial charge is 0.119 e. The standard InChI is InChI=1S/C31H35NO4S/c1-20-13-21(2)17-32(16-20)18-26(35)19-36-27-10-3-22(4-11-27)14-29-28-12-9-25(34)15-30(28)37-31(29)23-5-7-24(33)8-6-23/h3-12,15,20-21,26,33-35H,13-14,16-19H2,1-2H3. The Hall–Kier alpha value is -3.06. The fourth-order valence-corrected chi connectivity index (χ4v) is 6.81. The lowest BCUT2D eigenvalue weighted by Crippen LogP contribution is -2.43. The van der Waals surface area contributed by atoms with E-state index in [0.717, 1.165) is 51.4 Å². The third kappa shape index (κ3) is 6.27. The largest absolute Gasteiger partial charge is 0.508 e. The Morgan fingerprint density at radius 1 is 0.919 bits per heavy atom. The minimum Gasteiger partial charge on any atom is -0.508 e. The molecule has 1 aromatic heterocycles. The first-order valence-electron chi connectivity index (χ1n) is 13.0. The molecule has 6 heteroatoms. The summed E-state index contributed by atoms with van der Waals surface area (Å²) in [6.07, 6.45) is 1.48. The van der Waals surface area contributed by atoms with E-state index in [4.69, 9.17) is 4.74 Å². The van der Waals surface area contributed by atoms with Crippen molar-refractivity contribution < 1.29 is 20.1 Å². The number of nitrogens with zero attached hydrogens (tertiary/aromatic N) is 1. The Kier molecular flexibility index (Phi) is 7.70. The van der Waals surface area contributed by atoms with Gasteiger partial charge in [0.15, 0.2) is 0 Å². The number of benzene rings is 3. The van der Waals surface area contributed by atoms with Crippen LogP contribution in [0.15, 0.2) is 66.7 Å². The van der Waals surface area contributed by atoms with Gasteiger partial charge in [0.2, 0.25) is 0 Å². The Bertz CT molecular complexity index is 1320. The summed E-state index contributed by atoms with van der Waals surface area (Å²) in [6.45, 7) is 7.57. The Morgan fingerprint density at radius 2 is 1.59 bits per heavy atom. The molecule has 0 radical (unpaired) electrons. The second-order valence-electron chi connectivity index (χ2n) is 10.6. The molecule has 0 aliphatic carbocycles. The number of likely N-dealkylation sites (tertiary alicyclic amines) is 1. The van der Waals surface area contributed by atoms with E-state index in [0.29, 0.717) is 18.4 Å². The molecular weight excluding hydrogens is 482 g/mol. The topological polar surface area (TPSA) is 73.2 Å². The van der Waals surface area contributed by atoms with E-state index in [2.05, 4.69) is 30.9 Å². The minimum atomic E-state index is -0.515. The molecule has 5 rings (SSSR count). The summed E-state index contributed by atoms with van der Waals surface area (Å²) < 4.78 is 6.95. The van der Waals surface area contributed by atoms with Gasteiger partial charge in [-0.1, -0.05) is 26.0 Å².